The summed E-state index contributed by atoms with van der Waals surface area (Å²) in [7, 11) is 0. The monoisotopic (exact) mass is 292 g/mol. The summed E-state index contributed by atoms with van der Waals surface area (Å²) in [5, 5.41) is 6.90. The van der Waals surface area contributed by atoms with E-state index in [0.717, 1.165) is 23.1 Å². The van der Waals surface area contributed by atoms with Crippen LogP contribution in [0.5, 0.6) is 0 Å². The summed E-state index contributed by atoms with van der Waals surface area (Å²) in [5.74, 6) is 0.625. The molecule has 0 fully saturated rings. The van der Waals surface area contributed by atoms with E-state index in [2.05, 4.69) is 11.6 Å². The lowest BCUT2D eigenvalue weighted by atomic mass is 10.1. The van der Waals surface area contributed by atoms with Crippen LogP contribution < -0.4 is 5.14 Å². The molecule has 98 valence electrons. The minimum atomic E-state index is 0.587. The van der Waals surface area contributed by atoms with Gasteiger partial charge in [0.2, 0.25) is 0 Å². The van der Waals surface area contributed by atoms with Crippen molar-refractivity contribution in [3.05, 3.63) is 65.1 Å². The van der Waals surface area contributed by atoms with Gasteiger partial charge in [0, 0.05) is 10.6 Å². The topological polar surface area (TPSA) is 51.5 Å². The Kier molecular flexibility index (Phi) is 4.47. The summed E-state index contributed by atoms with van der Waals surface area (Å²) in [4.78, 5) is 4.42. The van der Waals surface area contributed by atoms with Crippen LogP contribution in [0.15, 0.2) is 52.6 Å². The molecule has 1 heterocycles. The first-order valence-corrected chi connectivity index (χ1v) is 6.82. The number of aliphatic imine (C=N–C) groups is 1. The molecule has 0 unspecified atom stereocenters. The van der Waals surface area contributed by atoms with Crippen molar-refractivity contribution >= 4 is 34.3 Å². The van der Waals surface area contributed by atoms with E-state index in [0.29, 0.717) is 21.5 Å². The zero-order chi connectivity index (χ0) is 13.8. The van der Waals surface area contributed by atoms with Gasteiger partial charge in [0.1, 0.15) is 0 Å². The molecule has 0 aliphatic carbocycles. The van der Waals surface area contributed by atoms with Crippen LogP contribution in [0, 0.1) is 6.92 Å². The average Bonchev–Trinajstić information content (AvgIpc) is 2.89. The van der Waals surface area contributed by atoms with Crippen LogP contribution in [-0.4, -0.2) is 5.04 Å². The molecule has 0 atom stereocenters. The van der Waals surface area contributed by atoms with Gasteiger partial charge in [-0.15, -0.1) is 0 Å². The second kappa shape index (κ2) is 6.10. The Morgan fingerprint density at radius 1 is 1.42 bits per heavy atom. The Morgan fingerprint density at radius 2 is 2.21 bits per heavy atom. The number of halogens is 1. The van der Waals surface area contributed by atoms with E-state index >= 15 is 0 Å². The fourth-order valence-corrected chi connectivity index (χ4v) is 2.30. The molecule has 2 aromatic rings. The zero-order valence-corrected chi connectivity index (χ0v) is 12.0. The van der Waals surface area contributed by atoms with E-state index in [1.165, 1.54) is 0 Å². The lowest BCUT2D eigenvalue weighted by molar-refractivity contribution is 0.559. The number of nitrogens with two attached hydrogens (primary N) is 1. The predicted molar refractivity (Wildman–Crippen MR) is 82.2 cm³/mol. The fourth-order valence-electron chi connectivity index (χ4n) is 1.67. The normalized spacial score (nSPS) is 11.6. The van der Waals surface area contributed by atoms with Crippen molar-refractivity contribution in [2.24, 2.45) is 10.1 Å². The maximum atomic E-state index is 5.93. The van der Waals surface area contributed by atoms with Crippen molar-refractivity contribution in [3.8, 4) is 0 Å². The highest BCUT2D eigenvalue weighted by Gasteiger charge is 2.09. The summed E-state index contributed by atoms with van der Waals surface area (Å²) in [6.45, 7) is 5.93. The molecule has 2 rings (SSSR count). The van der Waals surface area contributed by atoms with Gasteiger partial charge < -0.3 is 4.42 Å². The number of nitrogens with zero attached hydrogens (tertiary/aromatic N) is 1. The molecule has 0 saturated heterocycles. The van der Waals surface area contributed by atoms with Crippen molar-refractivity contribution in [2.45, 2.75) is 6.92 Å². The summed E-state index contributed by atoms with van der Waals surface area (Å²) in [6, 6.07) is 9.18. The number of furan rings is 1. The van der Waals surface area contributed by atoms with Crippen molar-refractivity contribution in [1.29, 1.82) is 0 Å². The Labute approximate surface area is 121 Å². The third-order valence-corrected chi connectivity index (χ3v) is 3.33. The minimum Gasteiger partial charge on any atom is -0.462 e. The van der Waals surface area contributed by atoms with E-state index in [1.54, 1.807) is 18.4 Å². The molecule has 0 aliphatic heterocycles. The first-order valence-electron chi connectivity index (χ1n) is 5.56. The molecule has 0 amide bonds. The molecule has 19 heavy (non-hydrogen) atoms. The van der Waals surface area contributed by atoms with Crippen LogP contribution in [0.25, 0.3) is 5.70 Å². The Morgan fingerprint density at radius 3 is 2.79 bits per heavy atom. The molecular weight excluding hydrogens is 280 g/mol. The lowest BCUT2D eigenvalue weighted by Gasteiger charge is -2.07. The molecule has 1 aromatic carbocycles. The maximum absolute atomic E-state index is 5.93. The highest BCUT2D eigenvalue weighted by molar-refractivity contribution is 8.12. The second-order valence-corrected chi connectivity index (χ2v) is 4.98. The molecule has 5 heteroatoms. The molecule has 3 nitrogen and oxygen atoms in total. The summed E-state index contributed by atoms with van der Waals surface area (Å²) >= 11 is 6.96. The summed E-state index contributed by atoms with van der Waals surface area (Å²) in [5.41, 5.74) is 2.57. The van der Waals surface area contributed by atoms with Crippen molar-refractivity contribution in [1.82, 2.24) is 0 Å². The first kappa shape index (κ1) is 13.9. The minimum absolute atomic E-state index is 0.587. The van der Waals surface area contributed by atoms with E-state index in [9.17, 15) is 0 Å². The smallest absolute Gasteiger partial charge is 0.160 e. The number of aryl methyl sites for hydroxylation is 1. The van der Waals surface area contributed by atoms with Gasteiger partial charge in [0.05, 0.1) is 12.0 Å². The molecule has 0 radical (unpaired) electrons. The van der Waals surface area contributed by atoms with Gasteiger partial charge in [-0.1, -0.05) is 24.2 Å². The lowest BCUT2D eigenvalue weighted by Crippen LogP contribution is -1.99. The molecule has 1 aromatic heterocycles. The Bertz CT molecular complexity index is 620. The highest BCUT2D eigenvalue weighted by atomic mass is 35.5. The Hall–Kier alpha value is -1.49. The third-order valence-electron chi connectivity index (χ3n) is 2.58. The number of benzene rings is 1. The molecule has 2 N–H and O–H groups in total. The van der Waals surface area contributed by atoms with Crippen LogP contribution in [-0.2, 0) is 0 Å². The highest BCUT2D eigenvalue weighted by Crippen LogP contribution is 2.24. The number of rotatable bonds is 3. The van der Waals surface area contributed by atoms with Gasteiger partial charge in [0.15, 0.2) is 10.8 Å². The van der Waals surface area contributed by atoms with Gasteiger partial charge in [-0.25, -0.2) is 4.99 Å². The molecule has 0 saturated carbocycles. The molecular formula is C14H13ClN2OS. The zero-order valence-electron chi connectivity index (χ0n) is 10.4. The standard InChI is InChI=1S/C14H13ClN2OS/c1-9-8-11(15)5-6-12(9)10(2)17-14(19-16)13-4-3-7-18-13/h3-8H,2,16H2,1H3. The summed E-state index contributed by atoms with van der Waals surface area (Å²) in [6.07, 6.45) is 1.58. The second-order valence-electron chi connectivity index (χ2n) is 3.92. The average molecular weight is 293 g/mol. The molecule has 0 spiro atoms. The van der Waals surface area contributed by atoms with Gasteiger partial charge in [-0.05, 0) is 48.7 Å². The van der Waals surface area contributed by atoms with Crippen LogP contribution in [0.3, 0.4) is 0 Å². The van der Waals surface area contributed by atoms with Gasteiger partial charge >= 0.3 is 0 Å². The fraction of sp³-hybridized carbons (Fsp3) is 0.0714. The first-order chi connectivity index (χ1) is 9.11. The number of hydrogen-bond acceptors (Lipinski definition) is 4. The molecule has 0 bridgehead atoms. The van der Waals surface area contributed by atoms with E-state index in [4.69, 9.17) is 21.2 Å². The maximum Gasteiger partial charge on any atom is 0.160 e. The SMILES string of the molecule is C=C(N=C(SN)c1ccco1)c1ccc(Cl)cc1C. The van der Waals surface area contributed by atoms with Crippen molar-refractivity contribution < 1.29 is 4.42 Å². The van der Waals surface area contributed by atoms with Crippen LogP contribution in [0.4, 0.5) is 0 Å². The van der Waals surface area contributed by atoms with Gasteiger partial charge in [-0.2, -0.15) is 0 Å². The van der Waals surface area contributed by atoms with Crippen molar-refractivity contribution in [3.63, 3.8) is 0 Å². The van der Waals surface area contributed by atoms with E-state index in [-0.39, 0.29) is 0 Å². The third kappa shape index (κ3) is 3.29. The van der Waals surface area contributed by atoms with Gasteiger partial charge in [0.25, 0.3) is 0 Å². The van der Waals surface area contributed by atoms with E-state index < -0.39 is 0 Å². The van der Waals surface area contributed by atoms with E-state index in [1.807, 2.05) is 25.1 Å². The quantitative estimate of drug-likeness (QED) is 0.522. The largest absolute Gasteiger partial charge is 0.462 e. The van der Waals surface area contributed by atoms with Crippen molar-refractivity contribution in [2.75, 3.05) is 0 Å². The number of hydrogen-bond donors (Lipinski definition) is 1. The predicted octanol–water partition coefficient (Wildman–Crippen LogP) is 4.27. The van der Waals surface area contributed by atoms with Crippen LogP contribution in [0.2, 0.25) is 5.02 Å². The van der Waals surface area contributed by atoms with Crippen LogP contribution in [0.1, 0.15) is 16.9 Å². The van der Waals surface area contributed by atoms with Gasteiger partial charge in [-0.3, -0.25) is 5.14 Å². The summed E-state index contributed by atoms with van der Waals surface area (Å²) < 4.78 is 5.28. The molecule has 0 aliphatic rings. The Balaban J connectivity index is 2.33. The van der Waals surface area contributed by atoms with Crippen LogP contribution >= 0.6 is 23.5 Å².